The molecule has 142 valence electrons. The van der Waals surface area contributed by atoms with E-state index < -0.39 is 10.0 Å². The molecule has 2 aromatic rings. The molecule has 27 heavy (non-hydrogen) atoms. The smallest absolute Gasteiger partial charge is 0.321 e. The zero-order chi connectivity index (χ0) is 19.4. The fourth-order valence-corrected chi connectivity index (χ4v) is 4.01. The van der Waals surface area contributed by atoms with E-state index in [-0.39, 0.29) is 22.4 Å². The average molecular weight is 387 g/mol. The monoisotopic (exact) mass is 387 g/mol. The van der Waals surface area contributed by atoms with Gasteiger partial charge < -0.3 is 10.2 Å². The van der Waals surface area contributed by atoms with Gasteiger partial charge in [-0.25, -0.2) is 13.2 Å². The second-order valence-electron chi connectivity index (χ2n) is 6.36. The lowest BCUT2D eigenvalue weighted by molar-refractivity contribution is 0.101. The molecule has 2 aromatic carbocycles. The Morgan fingerprint density at radius 1 is 0.963 bits per heavy atom. The summed E-state index contributed by atoms with van der Waals surface area (Å²) in [6.07, 6.45) is 1.93. The largest absolute Gasteiger partial charge is 0.325 e. The van der Waals surface area contributed by atoms with Gasteiger partial charge in [0.25, 0.3) is 10.0 Å². The van der Waals surface area contributed by atoms with Gasteiger partial charge in [-0.1, -0.05) is 24.3 Å². The van der Waals surface area contributed by atoms with Crippen molar-refractivity contribution in [1.82, 2.24) is 4.90 Å². The minimum absolute atomic E-state index is 0.0177. The van der Waals surface area contributed by atoms with Crippen LogP contribution in [0.15, 0.2) is 53.4 Å². The molecule has 3 rings (SSSR count). The number of hydrogen-bond donors (Lipinski definition) is 2. The molecule has 7 nitrogen and oxygen atoms in total. The van der Waals surface area contributed by atoms with Crippen molar-refractivity contribution in [2.45, 2.75) is 24.7 Å². The lowest BCUT2D eigenvalue weighted by Gasteiger charge is -2.18. The zero-order valence-electron chi connectivity index (χ0n) is 14.9. The number of carbonyl (C=O) groups is 2. The highest BCUT2D eigenvalue weighted by atomic mass is 32.2. The predicted octanol–water partition coefficient (Wildman–Crippen LogP) is 3.32. The van der Waals surface area contributed by atoms with Crippen molar-refractivity contribution >= 4 is 33.2 Å². The molecule has 1 heterocycles. The van der Waals surface area contributed by atoms with Crippen molar-refractivity contribution in [1.29, 1.82) is 0 Å². The van der Waals surface area contributed by atoms with Crippen molar-refractivity contribution < 1.29 is 18.0 Å². The molecule has 0 aromatic heterocycles. The van der Waals surface area contributed by atoms with Crippen LogP contribution < -0.4 is 10.0 Å². The molecule has 1 aliphatic rings. The minimum atomic E-state index is -3.91. The fourth-order valence-electron chi connectivity index (χ4n) is 2.88. The van der Waals surface area contributed by atoms with Crippen molar-refractivity contribution in [2.75, 3.05) is 23.1 Å². The second-order valence-corrected chi connectivity index (χ2v) is 8.04. The first-order chi connectivity index (χ1) is 12.9. The van der Waals surface area contributed by atoms with E-state index >= 15 is 0 Å². The van der Waals surface area contributed by atoms with Crippen LogP contribution >= 0.6 is 0 Å². The van der Waals surface area contributed by atoms with Gasteiger partial charge in [0.2, 0.25) is 0 Å². The zero-order valence-corrected chi connectivity index (χ0v) is 15.8. The van der Waals surface area contributed by atoms with Gasteiger partial charge in [-0.2, -0.15) is 0 Å². The number of para-hydroxylation sites is 2. The molecule has 8 heteroatoms. The Morgan fingerprint density at radius 3 is 2.30 bits per heavy atom. The number of rotatable bonds is 5. The summed E-state index contributed by atoms with van der Waals surface area (Å²) < 4.78 is 27.9. The van der Waals surface area contributed by atoms with Crippen molar-refractivity contribution in [3.63, 3.8) is 0 Å². The van der Waals surface area contributed by atoms with E-state index in [9.17, 15) is 18.0 Å². The van der Waals surface area contributed by atoms with E-state index in [2.05, 4.69) is 10.0 Å². The topological polar surface area (TPSA) is 95.6 Å². The highest BCUT2D eigenvalue weighted by molar-refractivity contribution is 7.92. The summed E-state index contributed by atoms with van der Waals surface area (Å²) in [7, 11) is -3.91. The third kappa shape index (κ3) is 4.46. The third-order valence-electron chi connectivity index (χ3n) is 4.36. The maximum atomic E-state index is 12.7. The van der Waals surface area contributed by atoms with Crippen LogP contribution in [0, 0.1) is 0 Å². The molecule has 1 fully saturated rings. The van der Waals surface area contributed by atoms with E-state index in [1.54, 1.807) is 35.2 Å². The molecule has 0 spiro atoms. The number of carbonyl (C=O) groups excluding carboxylic acids is 2. The lowest BCUT2D eigenvalue weighted by atomic mass is 10.2. The van der Waals surface area contributed by atoms with Crippen LogP contribution in [-0.4, -0.2) is 38.2 Å². The third-order valence-corrected chi connectivity index (χ3v) is 5.72. The number of nitrogens with one attached hydrogen (secondary N) is 2. The molecular formula is C19H21N3O4S. The SMILES string of the molecule is CC(=O)c1cccc(S(=O)(=O)Nc2ccccc2NC(=O)N2CCCC2)c1. The normalized spacial score (nSPS) is 14.0. The standard InChI is InChI=1S/C19H21N3O4S/c1-14(23)15-7-6-8-16(13-15)27(25,26)21-18-10-3-2-9-17(18)20-19(24)22-11-4-5-12-22/h2-3,6-10,13,21H,4-5,11-12H2,1H3,(H,20,24). The van der Waals surface area contributed by atoms with Gasteiger partial charge in [0, 0.05) is 18.7 Å². The van der Waals surface area contributed by atoms with Crippen LogP contribution in [0.5, 0.6) is 0 Å². The van der Waals surface area contributed by atoms with Crippen molar-refractivity contribution in [2.24, 2.45) is 0 Å². The first-order valence-corrected chi connectivity index (χ1v) is 10.1. The summed E-state index contributed by atoms with van der Waals surface area (Å²) in [6, 6.07) is 12.2. The van der Waals surface area contributed by atoms with Gasteiger partial charge in [0.05, 0.1) is 16.3 Å². The number of ketones is 1. The Bertz CT molecular complexity index is 966. The lowest BCUT2D eigenvalue weighted by Crippen LogP contribution is -2.32. The number of sulfonamides is 1. The number of urea groups is 1. The number of amides is 2. The van der Waals surface area contributed by atoms with Crippen LogP contribution in [0.4, 0.5) is 16.2 Å². The Balaban J connectivity index is 1.83. The first kappa shape index (κ1) is 18.9. The van der Waals surface area contributed by atoms with Gasteiger partial charge >= 0.3 is 6.03 Å². The quantitative estimate of drug-likeness (QED) is 0.770. The Morgan fingerprint density at radius 2 is 1.63 bits per heavy atom. The number of Topliss-reactive ketones (excluding diaryl/α,β-unsaturated/α-hetero) is 1. The molecule has 1 aliphatic heterocycles. The van der Waals surface area contributed by atoms with Crippen molar-refractivity contribution in [3.8, 4) is 0 Å². The van der Waals surface area contributed by atoms with Crippen LogP contribution in [0.2, 0.25) is 0 Å². The molecule has 2 amide bonds. The molecule has 0 atom stereocenters. The second kappa shape index (κ2) is 7.79. The van der Waals surface area contributed by atoms with Gasteiger partial charge in [-0.3, -0.25) is 9.52 Å². The summed E-state index contributed by atoms with van der Waals surface area (Å²) in [6.45, 7) is 2.76. The number of benzene rings is 2. The number of anilines is 2. The highest BCUT2D eigenvalue weighted by Gasteiger charge is 2.21. The molecule has 0 aliphatic carbocycles. The van der Waals surface area contributed by atoms with E-state index in [0.29, 0.717) is 24.3 Å². The fraction of sp³-hybridized carbons (Fsp3) is 0.263. The highest BCUT2D eigenvalue weighted by Crippen LogP contribution is 2.25. The molecule has 0 unspecified atom stereocenters. The van der Waals surface area contributed by atoms with Gasteiger partial charge in [-0.05, 0) is 44.0 Å². The molecule has 0 radical (unpaired) electrons. The Hall–Kier alpha value is -2.87. The van der Waals surface area contributed by atoms with Crippen molar-refractivity contribution in [3.05, 3.63) is 54.1 Å². The maximum Gasteiger partial charge on any atom is 0.321 e. The average Bonchev–Trinajstić information content (AvgIpc) is 3.18. The summed E-state index contributed by atoms with van der Waals surface area (Å²) in [4.78, 5) is 25.5. The Kier molecular flexibility index (Phi) is 5.46. The number of nitrogens with zero attached hydrogens (tertiary/aromatic N) is 1. The number of likely N-dealkylation sites (tertiary alicyclic amines) is 1. The molecule has 0 bridgehead atoms. The number of hydrogen-bond acceptors (Lipinski definition) is 4. The van der Waals surface area contributed by atoms with Gasteiger partial charge in [0.1, 0.15) is 0 Å². The van der Waals surface area contributed by atoms with Crippen LogP contribution in [0.25, 0.3) is 0 Å². The van der Waals surface area contributed by atoms with Gasteiger partial charge in [0.15, 0.2) is 5.78 Å². The summed E-state index contributed by atoms with van der Waals surface area (Å²) in [5.41, 5.74) is 0.951. The van der Waals surface area contributed by atoms with Crippen LogP contribution in [0.1, 0.15) is 30.1 Å². The van der Waals surface area contributed by atoms with E-state index in [1.165, 1.54) is 25.1 Å². The first-order valence-electron chi connectivity index (χ1n) is 8.65. The minimum Gasteiger partial charge on any atom is -0.325 e. The van der Waals surface area contributed by atoms with Crippen LogP contribution in [0.3, 0.4) is 0 Å². The van der Waals surface area contributed by atoms with Crippen LogP contribution in [-0.2, 0) is 10.0 Å². The predicted molar refractivity (Wildman–Crippen MR) is 104 cm³/mol. The van der Waals surface area contributed by atoms with E-state index in [4.69, 9.17) is 0 Å². The molecule has 0 saturated carbocycles. The summed E-state index contributed by atoms with van der Waals surface area (Å²) >= 11 is 0. The summed E-state index contributed by atoms with van der Waals surface area (Å²) in [5, 5.41) is 2.76. The molecule has 1 saturated heterocycles. The van der Waals surface area contributed by atoms with Gasteiger partial charge in [-0.15, -0.1) is 0 Å². The summed E-state index contributed by atoms with van der Waals surface area (Å²) in [5.74, 6) is -0.217. The maximum absolute atomic E-state index is 12.7. The molecule has 2 N–H and O–H groups in total. The van der Waals surface area contributed by atoms with E-state index in [1.807, 2.05) is 0 Å². The van der Waals surface area contributed by atoms with E-state index in [0.717, 1.165) is 12.8 Å². The Labute approximate surface area is 158 Å². The molecular weight excluding hydrogens is 366 g/mol.